The van der Waals surface area contributed by atoms with Gasteiger partial charge in [-0.05, 0) is 17.7 Å². The van der Waals surface area contributed by atoms with Crippen LogP contribution >= 0.6 is 23.0 Å². The third kappa shape index (κ3) is 4.14. The van der Waals surface area contributed by atoms with Gasteiger partial charge in [0.25, 0.3) is 11.5 Å². The van der Waals surface area contributed by atoms with Gasteiger partial charge in [0.05, 0.1) is 19.8 Å². The van der Waals surface area contributed by atoms with Gasteiger partial charge in [0.1, 0.15) is 51.5 Å². The van der Waals surface area contributed by atoms with Crippen molar-refractivity contribution in [3.8, 4) is 11.5 Å². The average molecular weight is 555 g/mol. The molecule has 0 spiro atoms. The number of ether oxygens (including phenoxy) is 1. The highest BCUT2D eigenvalue weighted by Crippen LogP contribution is 2.37. The molecule has 3 aromatic rings. The Morgan fingerprint density at radius 1 is 1.38 bits per heavy atom. The Hall–Kier alpha value is -2.77. The van der Waals surface area contributed by atoms with E-state index in [2.05, 4.69) is 10.3 Å². The number of aliphatic hydroxyl groups is 1. The van der Waals surface area contributed by atoms with E-state index in [1.54, 1.807) is 35.1 Å². The van der Waals surface area contributed by atoms with Crippen molar-refractivity contribution in [1.82, 2.24) is 14.9 Å². The molecule has 168 valence electrons. The van der Waals surface area contributed by atoms with Crippen molar-refractivity contribution in [3.05, 3.63) is 63.3 Å². The summed E-state index contributed by atoms with van der Waals surface area (Å²) < 4.78 is 25.9. The first kappa shape index (κ1) is 22.4. The molecule has 3 N–H and O–H groups in total. The average Bonchev–Trinajstić information content (AvgIpc) is 2.78. The number of hydrogen-bond donors (Lipinski definition) is 3. The summed E-state index contributed by atoms with van der Waals surface area (Å²) in [7, 11) is 0. The second-order valence-corrected chi connectivity index (χ2v) is 7.87. The zero-order chi connectivity index (χ0) is 22.8. The van der Waals surface area contributed by atoms with E-state index in [1.165, 1.54) is 22.9 Å². The molecule has 1 aliphatic rings. The van der Waals surface area contributed by atoms with E-state index in [4.69, 9.17) is 12.9 Å². The van der Waals surface area contributed by atoms with E-state index in [0.717, 1.165) is 5.56 Å². The third-order valence-corrected chi connectivity index (χ3v) is 5.48. The number of nitrogens with one attached hydrogen (secondary N) is 1. The summed E-state index contributed by atoms with van der Waals surface area (Å²) in [6.45, 7) is -0.113. The standard InChI is InChI=1S/C21H19FIN3O6/c22-13-3-1-11(2-4-13)7-12-8-25-16-17-19(12)32-14(10-31-23)9-26(17)21(30)15(18(16)28)20(29)24-5-6-27/h1-4,8,14,27-28H,5-7,9-10H2,(H,24,29). The fourth-order valence-electron chi connectivity index (χ4n) is 3.68. The maximum absolute atomic E-state index is 13.3. The van der Waals surface area contributed by atoms with E-state index in [9.17, 15) is 19.1 Å². The number of nitrogens with zero attached hydrogens (tertiary/aromatic N) is 2. The molecule has 11 heteroatoms. The summed E-state index contributed by atoms with van der Waals surface area (Å²) in [4.78, 5) is 30.0. The number of halogens is 2. The largest absolute Gasteiger partial charge is 0.505 e. The predicted octanol–water partition coefficient (Wildman–Crippen LogP) is 1.68. The van der Waals surface area contributed by atoms with Crippen LogP contribution in [0, 0.1) is 5.82 Å². The summed E-state index contributed by atoms with van der Waals surface area (Å²) in [5.74, 6) is -1.37. The van der Waals surface area contributed by atoms with Gasteiger partial charge in [-0.3, -0.25) is 19.1 Å². The summed E-state index contributed by atoms with van der Waals surface area (Å²) in [6.07, 6.45) is 1.33. The van der Waals surface area contributed by atoms with Crippen LogP contribution in [-0.2, 0) is 16.0 Å². The van der Waals surface area contributed by atoms with Gasteiger partial charge in [-0.1, -0.05) is 12.1 Å². The summed E-state index contributed by atoms with van der Waals surface area (Å²) >= 11 is 1.73. The molecule has 0 saturated carbocycles. The normalized spacial score (nSPS) is 14.9. The van der Waals surface area contributed by atoms with Crippen LogP contribution in [0.15, 0.2) is 35.3 Å². The summed E-state index contributed by atoms with van der Waals surface area (Å²) in [5.41, 5.74) is 0.604. The van der Waals surface area contributed by atoms with Crippen molar-refractivity contribution < 1.29 is 27.2 Å². The molecular weight excluding hydrogens is 536 g/mol. The van der Waals surface area contributed by atoms with Crippen LogP contribution in [0.4, 0.5) is 4.39 Å². The lowest BCUT2D eigenvalue weighted by Gasteiger charge is -2.29. The van der Waals surface area contributed by atoms with Crippen molar-refractivity contribution in [2.24, 2.45) is 0 Å². The molecule has 0 bridgehead atoms. The number of pyridine rings is 2. The maximum Gasteiger partial charge on any atom is 0.268 e. The number of benzene rings is 1. The third-order valence-electron chi connectivity index (χ3n) is 5.12. The highest BCUT2D eigenvalue weighted by atomic mass is 127. The molecular formula is C21H19FIN3O6. The molecule has 0 radical (unpaired) electrons. The minimum Gasteiger partial charge on any atom is -0.505 e. The number of hydrogen-bond acceptors (Lipinski definition) is 7. The molecule has 1 aromatic carbocycles. The van der Waals surface area contributed by atoms with E-state index in [0.29, 0.717) is 17.7 Å². The van der Waals surface area contributed by atoms with Gasteiger partial charge in [0, 0.05) is 24.7 Å². The first-order valence-corrected chi connectivity index (χ1v) is 10.6. The van der Waals surface area contributed by atoms with E-state index < -0.39 is 28.9 Å². The topological polar surface area (TPSA) is 123 Å². The van der Waals surface area contributed by atoms with Gasteiger partial charge in [-0.25, -0.2) is 4.39 Å². The first-order chi connectivity index (χ1) is 15.4. The molecule has 32 heavy (non-hydrogen) atoms. The second-order valence-electron chi connectivity index (χ2n) is 7.25. The zero-order valence-corrected chi connectivity index (χ0v) is 18.8. The molecule has 1 unspecified atom stereocenters. The molecule has 2 aromatic heterocycles. The molecule has 1 atom stereocenters. The van der Waals surface area contributed by atoms with Crippen LogP contribution in [0.5, 0.6) is 11.5 Å². The van der Waals surface area contributed by atoms with Crippen LogP contribution < -0.4 is 15.6 Å². The molecule has 0 fully saturated rings. The fourth-order valence-corrected chi connectivity index (χ4v) is 4.08. The SMILES string of the molecule is O=C(NCCO)c1c(O)c2ncc(Cc3ccc(F)cc3)c3c2n(c1=O)CC(COI)O3. The second kappa shape index (κ2) is 9.38. The maximum atomic E-state index is 13.3. The van der Waals surface area contributed by atoms with Gasteiger partial charge < -0.3 is 23.3 Å². The Labute approximate surface area is 195 Å². The van der Waals surface area contributed by atoms with Crippen molar-refractivity contribution in [3.63, 3.8) is 0 Å². The van der Waals surface area contributed by atoms with Crippen LogP contribution in [0.1, 0.15) is 21.5 Å². The Balaban J connectivity index is 1.89. The van der Waals surface area contributed by atoms with Gasteiger partial charge in [0.2, 0.25) is 0 Å². The Morgan fingerprint density at radius 3 is 2.81 bits per heavy atom. The van der Waals surface area contributed by atoms with E-state index >= 15 is 0 Å². The number of amides is 1. The summed E-state index contributed by atoms with van der Waals surface area (Å²) in [6, 6.07) is 5.98. The van der Waals surface area contributed by atoms with Crippen LogP contribution in [0.25, 0.3) is 11.0 Å². The molecule has 1 amide bonds. The zero-order valence-electron chi connectivity index (χ0n) is 16.7. The molecule has 0 saturated heterocycles. The van der Waals surface area contributed by atoms with Crippen molar-refractivity contribution in [2.75, 3.05) is 19.8 Å². The van der Waals surface area contributed by atoms with Gasteiger partial charge in [0.15, 0.2) is 11.5 Å². The number of carbonyl (C=O) groups excluding carboxylic acids is 1. The Bertz CT molecular complexity index is 1230. The van der Waals surface area contributed by atoms with Crippen LogP contribution in [0.2, 0.25) is 0 Å². The van der Waals surface area contributed by atoms with Gasteiger partial charge in [-0.2, -0.15) is 0 Å². The first-order valence-electron chi connectivity index (χ1n) is 9.75. The van der Waals surface area contributed by atoms with Crippen molar-refractivity contribution in [1.29, 1.82) is 0 Å². The highest BCUT2D eigenvalue weighted by molar-refractivity contribution is 14.1. The minimum absolute atomic E-state index is 0.0467. The lowest BCUT2D eigenvalue weighted by Crippen LogP contribution is -2.40. The number of aliphatic hydroxyl groups excluding tert-OH is 1. The number of aromatic nitrogens is 2. The fraction of sp³-hybridized carbons (Fsp3) is 0.286. The van der Waals surface area contributed by atoms with Gasteiger partial charge in [-0.15, -0.1) is 0 Å². The molecule has 9 nitrogen and oxygen atoms in total. The quantitative estimate of drug-likeness (QED) is 0.380. The molecule has 0 aliphatic carbocycles. The Morgan fingerprint density at radius 2 is 2.12 bits per heavy atom. The molecule has 4 rings (SSSR count). The van der Waals surface area contributed by atoms with Gasteiger partial charge >= 0.3 is 0 Å². The highest BCUT2D eigenvalue weighted by Gasteiger charge is 2.31. The Kier molecular flexibility index (Phi) is 6.58. The lowest BCUT2D eigenvalue weighted by atomic mass is 10.0. The van der Waals surface area contributed by atoms with Crippen LogP contribution in [0.3, 0.4) is 0 Å². The monoisotopic (exact) mass is 555 g/mol. The number of carbonyl (C=O) groups is 1. The van der Waals surface area contributed by atoms with E-state index in [1.807, 2.05) is 0 Å². The summed E-state index contributed by atoms with van der Waals surface area (Å²) in [5, 5.41) is 22.1. The lowest BCUT2D eigenvalue weighted by molar-refractivity contribution is 0.0937. The van der Waals surface area contributed by atoms with Crippen LogP contribution in [-0.4, -0.2) is 51.5 Å². The number of rotatable bonds is 7. The molecule has 3 heterocycles. The van der Waals surface area contributed by atoms with Crippen molar-refractivity contribution >= 4 is 39.9 Å². The minimum atomic E-state index is -0.806. The van der Waals surface area contributed by atoms with E-state index in [-0.39, 0.29) is 43.2 Å². The predicted molar refractivity (Wildman–Crippen MR) is 121 cm³/mol. The smallest absolute Gasteiger partial charge is 0.268 e. The number of aromatic hydroxyl groups is 1. The van der Waals surface area contributed by atoms with Crippen molar-refractivity contribution in [2.45, 2.75) is 19.1 Å². The molecule has 1 aliphatic heterocycles.